The Morgan fingerprint density at radius 1 is 1.08 bits per heavy atom. The molecule has 0 atom stereocenters. The van der Waals surface area contributed by atoms with E-state index in [0.717, 1.165) is 0 Å². The number of carboxylic acids is 1. The average molecular weight is 337 g/mol. The summed E-state index contributed by atoms with van der Waals surface area (Å²) in [5.41, 5.74) is 0.142. The Labute approximate surface area is 159 Å². The number of carbonyl (C=O) groups excluding carboxylic acids is 3. The van der Waals surface area contributed by atoms with Crippen molar-refractivity contribution in [3.05, 3.63) is 48.5 Å². The summed E-state index contributed by atoms with van der Waals surface area (Å²) in [5, 5.41) is 12.8. The number of hydrogen-bond donors (Lipinski definition) is 1. The number of carbonyl (C=O) groups is 3. The zero-order valence-electron chi connectivity index (χ0n) is 12.9. The summed E-state index contributed by atoms with van der Waals surface area (Å²) in [7, 11) is 0. The standard InChI is InChI=1S/C16H13NO6.Na/c18-9-15(19)17-13-7-6-12(8-14(13)22-10-16(20)21)23-11-4-2-1-3-5-11;/h1-9H,10H2,(H,17,19)(H,20,21);/q;+1/p-1. The SMILES string of the molecule is O=CC(=O)Nc1ccc(Oc2ccccc2)cc1OCC(=O)[O-].[Na+]. The molecule has 1 amide bonds. The van der Waals surface area contributed by atoms with Crippen LogP contribution in [0.2, 0.25) is 0 Å². The summed E-state index contributed by atoms with van der Waals surface area (Å²) in [6.45, 7) is -0.710. The fourth-order valence-electron chi connectivity index (χ4n) is 1.71. The van der Waals surface area contributed by atoms with Crippen LogP contribution in [-0.2, 0) is 14.4 Å². The third-order valence-corrected chi connectivity index (χ3v) is 2.64. The normalized spacial score (nSPS) is 9.33. The van der Waals surface area contributed by atoms with Gasteiger partial charge < -0.3 is 24.7 Å². The van der Waals surface area contributed by atoms with E-state index in [0.29, 0.717) is 11.5 Å². The predicted octanol–water partition coefficient (Wildman–Crippen LogP) is -2.25. The van der Waals surface area contributed by atoms with Gasteiger partial charge in [-0.15, -0.1) is 0 Å². The van der Waals surface area contributed by atoms with Crippen molar-refractivity contribution in [1.29, 1.82) is 0 Å². The first-order chi connectivity index (χ1) is 11.1. The van der Waals surface area contributed by atoms with E-state index in [-0.39, 0.29) is 47.3 Å². The van der Waals surface area contributed by atoms with Crippen LogP contribution in [0.5, 0.6) is 17.2 Å². The number of rotatable bonds is 7. The smallest absolute Gasteiger partial charge is 0.546 e. The fourth-order valence-corrected chi connectivity index (χ4v) is 1.71. The molecule has 0 saturated heterocycles. The number of benzene rings is 2. The van der Waals surface area contributed by atoms with Gasteiger partial charge in [0.05, 0.1) is 11.7 Å². The first-order valence-corrected chi connectivity index (χ1v) is 6.54. The van der Waals surface area contributed by atoms with E-state index in [9.17, 15) is 19.5 Å². The van der Waals surface area contributed by atoms with E-state index in [1.807, 2.05) is 6.07 Å². The average Bonchev–Trinajstić information content (AvgIpc) is 2.55. The summed E-state index contributed by atoms with van der Waals surface area (Å²) in [6, 6.07) is 13.3. The van der Waals surface area contributed by atoms with Gasteiger partial charge in [-0.3, -0.25) is 9.59 Å². The van der Waals surface area contributed by atoms with Crippen LogP contribution < -0.4 is 49.5 Å². The minimum atomic E-state index is -1.42. The molecule has 0 aliphatic carbocycles. The molecule has 7 nitrogen and oxygen atoms in total. The van der Waals surface area contributed by atoms with Crippen LogP contribution in [0.3, 0.4) is 0 Å². The number of para-hydroxylation sites is 1. The molecular weight excluding hydrogens is 325 g/mol. The van der Waals surface area contributed by atoms with Crippen LogP contribution in [0.25, 0.3) is 0 Å². The number of ether oxygens (including phenoxy) is 2. The fraction of sp³-hybridized carbons (Fsp3) is 0.0625. The maximum atomic E-state index is 11.2. The van der Waals surface area contributed by atoms with Crippen LogP contribution in [0, 0.1) is 0 Å². The zero-order chi connectivity index (χ0) is 16.7. The number of anilines is 1. The Hall–Kier alpha value is -2.35. The Kier molecular flexibility index (Phi) is 7.97. The van der Waals surface area contributed by atoms with Crippen molar-refractivity contribution in [3.63, 3.8) is 0 Å². The Balaban J connectivity index is 0.00000288. The molecule has 2 rings (SSSR count). The molecule has 0 unspecified atom stereocenters. The molecule has 24 heavy (non-hydrogen) atoms. The van der Waals surface area contributed by atoms with Crippen molar-refractivity contribution in [1.82, 2.24) is 0 Å². The molecule has 0 aliphatic rings. The van der Waals surface area contributed by atoms with Gasteiger partial charge in [0.15, 0.2) is 0 Å². The molecule has 0 radical (unpaired) electrons. The van der Waals surface area contributed by atoms with E-state index in [4.69, 9.17) is 9.47 Å². The third kappa shape index (κ3) is 6.04. The van der Waals surface area contributed by atoms with Crippen LogP contribution in [0.15, 0.2) is 48.5 Å². The van der Waals surface area contributed by atoms with E-state index in [2.05, 4.69) is 5.32 Å². The van der Waals surface area contributed by atoms with Gasteiger partial charge in [0.1, 0.15) is 23.9 Å². The minimum Gasteiger partial charge on any atom is -0.546 e. The molecule has 118 valence electrons. The van der Waals surface area contributed by atoms with E-state index in [1.165, 1.54) is 12.1 Å². The monoisotopic (exact) mass is 337 g/mol. The number of nitrogens with one attached hydrogen (secondary N) is 1. The molecule has 0 bridgehead atoms. The Morgan fingerprint density at radius 2 is 1.79 bits per heavy atom. The van der Waals surface area contributed by atoms with Crippen molar-refractivity contribution in [2.75, 3.05) is 11.9 Å². The molecule has 0 fully saturated rings. The number of aldehydes is 1. The number of amides is 1. The second-order valence-corrected chi connectivity index (χ2v) is 4.34. The third-order valence-electron chi connectivity index (χ3n) is 2.64. The Bertz CT molecular complexity index is 720. The van der Waals surface area contributed by atoms with Crippen molar-refractivity contribution in [2.24, 2.45) is 0 Å². The van der Waals surface area contributed by atoms with Gasteiger partial charge in [0.25, 0.3) is 5.91 Å². The van der Waals surface area contributed by atoms with Crippen molar-refractivity contribution >= 4 is 23.9 Å². The first-order valence-electron chi connectivity index (χ1n) is 6.54. The second-order valence-electron chi connectivity index (χ2n) is 4.34. The van der Waals surface area contributed by atoms with Crippen LogP contribution in [-0.4, -0.2) is 24.8 Å². The quantitative estimate of drug-likeness (QED) is 0.348. The molecule has 0 spiro atoms. The number of carboxylic acid groups (broad SMARTS) is 1. The van der Waals surface area contributed by atoms with Crippen molar-refractivity contribution in [2.45, 2.75) is 0 Å². The van der Waals surface area contributed by atoms with Gasteiger partial charge in [-0.1, -0.05) is 18.2 Å². The van der Waals surface area contributed by atoms with E-state index < -0.39 is 18.5 Å². The summed E-state index contributed by atoms with van der Waals surface area (Å²) in [4.78, 5) is 32.1. The largest absolute Gasteiger partial charge is 1.00 e. The maximum absolute atomic E-state index is 11.2. The van der Waals surface area contributed by atoms with Gasteiger partial charge in [0, 0.05) is 6.07 Å². The molecular formula is C16H12NNaO6. The van der Waals surface area contributed by atoms with Gasteiger partial charge in [-0.05, 0) is 24.3 Å². The predicted molar refractivity (Wildman–Crippen MR) is 78.2 cm³/mol. The van der Waals surface area contributed by atoms with Crippen LogP contribution in [0.4, 0.5) is 5.69 Å². The van der Waals surface area contributed by atoms with Crippen molar-refractivity contribution < 1.29 is 58.5 Å². The molecule has 8 heteroatoms. The van der Waals surface area contributed by atoms with Crippen LogP contribution >= 0.6 is 0 Å². The molecule has 0 saturated carbocycles. The molecule has 0 heterocycles. The second kappa shape index (κ2) is 9.71. The topological polar surface area (TPSA) is 105 Å². The number of hydrogen-bond acceptors (Lipinski definition) is 6. The number of aliphatic carboxylic acids is 1. The molecule has 1 N–H and O–H groups in total. The summed E-state index contributed by atoms with van der Waals surface area (Å²) >= 11 is 0. The summed E-state index contributed by atoms with van der Waals surface area (Å²) in [5.74, 6) is -1.33. The molecule has 2 aromatic rings. The maximum Gasteiger partial charge on any atom is 1.00 e. The molecule has 0 aromatic heterocycles. The minimum absolute atomic E-state index is 0. The van der Waals surface area contributed by atoms with Gasteiger partial charge in [-0.2, -0.15) is 0 Å². The van der Waals surface area contributed by atoms with Crippen molar-refractivity contribution in [3.8, 4) is 17.2 Å². The van der Waals surface area contributed by atoms with Gasteiger partial charge in [0.2, 0.25) is 6.29 Å². The zero-order valence-corrected chi connectivity index (χ0v) is 14.9. The first kappa shape index (κ1) is 19.7. The summed E-state index contributed by atoms with van der Waals surface area (Å²) < 4.78 is 10.6. The van der Waals surface area contributed by atoms with E-state index >= 15 is 0 Å². The molecule has 0 aliphatic heterocycles. The van der Waals surface area contributed by atoms with Crippen LogP contribution in [0.1, 0.15) is 0 Å². The van der Waals surface area contributed by atoms with Gasteiger partial charge >= 0.3 is 29.6 Å². The summed E-state index contributed by atoms with van der Waals surface area (Å²) in [6.07, 6.45) is 0.0942. The molecule has 2 aromatic carbocycles. The Morgan fingerprint density at radius 3 is 2.42 bits per heavy atom. The van der Waals surface area contributed by atoms with E-state index in [1.54, 1.807) is 30.3 Å². The van der Waals surface area contributed by atoms with Gasteiger partial charge in [-0.25, -0.2) is 0 Å².